The minimum atomic E-state index is -2.96. The number of hydrogen-bond donors (Lipinski definition) is 2. The van der Waals surface area contributed by atoms with E-state index >= 15 is 0 Å². The van der Waals surface area contributed by atoms with Crippen LogP contribution in [0.15, 0.2) is 64.2 Å². The zero-order chi connectivity index (χ0) is 25.5. The summed E-state index contributed by atoms with van der Waals surface area (Å²) in [6.07, 6.45) is 4.44. The molecule has 0 aliphatic carbocycles. The van der Waals surface area contributed by atoms with Gasteiger partial charge in [0.1, 0.15) is 17.2 Å². The molecule has 0 saturated carbocycles. The normalized spacial score (nSPS) is 11.1. The molecule has 0 aliphatic rings. The number of benzene rings is 2. The highest BCUT2D eigenvalue weighted by atomic mass is 19.3. The maximum absolute atomic E-state index is 13.1. The number of tetrazole rings is 1. The van der Waals surface area contributed by atoms with E-state index in [1.165, 1.54) is 30.7 Å². The maximum atomic E-state index is 13.1. The van der Waals surface area contributed by atoms with Gasteiger partial charge in [-0.25, -0.2) is 9.89 Å². The van der Waals surface area contributed by atoms with Gasteiger partial charge in [-0.3, -0.25) is 4.79 Å². The second kappa shape index (κ2) is 11.4. The van der Waals surface area contributed by atoms with Gasteiger partial charge in [0, 0.05) is 11.3 Å². The number of H-pyrrole nitrogens is 2. The first-order valence-corrected chi connectivity index (χ1v) is 11.5. The van der Waals surface area contributed by atoms with Crippen LogP contribution in [0.4, 0.5) is 8.78 Å². The summed E-state index contributed by atoms with van der Waals surface area (Å²) in [5.74, 6) is 0.683. The Morgan fingerprint density at radius 3 is 2.28 bits per heavy atom. The molecule has 0 aliphatic heterocycles. The van der Waals surface area contributed by atoms with E-state index < -0.39 is 17.9 Å². The van der Waals surface area contributed by atoms with Crippen molar-refractivity contribution >= 4 is 0 Å². The first kappa shape index (κ1) is 24.8. The van der Waals surface area contributed by atoms with Crippen LogP contribution in [0.1, 0.15) is 32.6 Å². The van der Waals surface area contributed by atoms with Crippen molar-refractivity contribution in [2.45, 2.75) is 39.2 Å². The van der Waals surface area contributed by atoms with E-state index in [1.54, 1.807) is 6.07 Å². The number of rotatable bonds is 11. The van der Waals surface area contributed by atoms with E-state index in [2.05, 4.69) is 32.2 Å². The number of aromatic nitrogens is 5. The molecule has 0 fully saturated rings. The SMILES string of the molecule is CCCCCCOc1ccc(-c2cc(-c3ccc(OC(F)F)cc3)c(-n3nn[nH]c3=O)c(=O)[nH]2)cc1. The summed E-state index contributed by atoms with van der Waals surface area (Å²) in [5.41, 5.74) is 0.689. The molecule has 4 aromatic rings. The number of unbranched alkanes of at least 4 members (excludes halogenated alkanes) is 3. The first-order valence-electron chi connectivity index (χ1n) is 11.5. The topological polar surface area (TPSA) is 115 Å². The molecule has 0 saturated heterocycles. The smallest absolute Gasteiger partial charge is 0.387 e. The lowest BCUT2D eigenvalue weighted by Gasteiger charge is -2.12. The van der Waals surface area contributed by atoms with Gasteiger partial charge in [0.05, 0.1) is 6.61 Å². The number of alkyl halides is 2. The Morgan fingerprint density at radius 2 is 1.64 bits per heavy atom. The monoisotopic (exact) mass is 497 g/mol. The predicted octanol–water partition coefficient (Wildman–Crippen LogP) is 4.54. The lowest BCUT2D eigenvalue weighted by atomic mass is 10.0. The van der Waals surface area contributed by atoms with Gasteiger partial charge >= 0.3 is 12.3 Å². The van der Waals surface area contributed by atoms with Crippen LogP contribution < -0.4 is 20.7 Å². The fraction of sp³-hybridized carbons (Fsp3) is 0.280. The largest absolute Gasteiger partial charge is 0.494 e. The molecule has 2 aromatic heterocycles. The van der Waals surface area contributed by atoms with Crippen LogP contribution in [0.3, 0.4) is 0 Å². The van der Waals surface area contributed by atoms with Gasteiger partial charge in [-0.05, 0) is 70.4 Å². The highest BCUT2D eigenvalue weighted by Crippen LogP contribution is 2.30. The number of pyridine rings is 1. The molecule has 0 bridgehead atoms. The van der Waals surface area contributed by atoms with Crippen molar-refractivity contribution in [2.75, 3.05) is 6.61 Å². The van der Waals surface area contributed by atoms with Crippen LogP contribution in [0, 0.1) is 0 Å². The van der Waals surface area contributed by atoms with Crippen LogP contribution in [0.5, 0.6) is 11.5 Å². The molecule has 0 amide bonds. The highest BCUT2D eigenvalue weighted by molar-refractivity contribution is 5.77. The Kier molecular flexibility index (Phi) is 7.89. The first-order chi connectivity index (χ1) is 17.5. The number of hydrogen-bond acceptors (Lipinski definition) is 6. The van der Waals surface area contributed by atoms with Crippen LogP contribution in [0.25, 0.3) is 28.1 Å². The summed E-state index contributed by atoms with van der Waals surface area (Å²) in [5, 5.41) is 9.31. The van der Waals surface area contributed by atoms with Crippen LogP contribution in [-0.4, -0.2) is 38.4 Å². The van der Waals surface area contributed by atoms with E-state index in [9.17, 15) is 18.4 Å². The summed E-state index contributed by atoms with van der Waals surface area (Å²) in [6, 6.07) is 14.7. The second-order valence-electron chi connectivity index (χ2n) is 8.03. The summed E-state index contributed by atoms with van der Waals surface area (Å²) in [6.45, 7) is -0.176. The molecule has 2 aromatic carbocycles. The Labute approximate surface area is 204 Å². The minimum Gasteiger partial charge on any atom is -0.494 e. The number of nitrogens with zero attached hydrogens (tertiary/aromatic N) is 3. The van der Waals surface area contributed by atoms with Gasteiger partial charge in [0.15, 0.2) is 0 Å². The minimum absolute atomic E-state index is 0.0377. The van der Waals surface area contributed by atoms with Crippen LogP contribution in [-0.2, 0) is 0 Å². The van der Waals surface area contributed by atoms with Gasteiger partial charge in [0.2, 0.25) is 0 Å². The van der Waals surface area contributed by atoms with Gasteiger partial charge in [-0.15, -0.1) is 0 Å². The van der Waals surface area contributed by atoms with Gasteiger partial charge in [0.25, 0.3) is 5.56 Å². The molecule has 0 radical (unpaired) electrons. The third-order valence-corrected chi connectivity index (χ3v) is 5.51. The molecular weight excluding hydrogens is 472 g/mol. The molecule has 9 nitrogen and oxygen atoms in total. The summed E-state index contributed by atoms with van der Waals surface area (Å²) < 4.78 is 36.1. The molecule has 0 unspecified atom stereocenters. The fourth-order valence-corrected chi connectivity index (χ4v) is 3.75. The average Bonchev–Trinajstić information content (AvgIpc) is 3.29. The van der Waals surface area contributed by atoms with E-state index in [0.29, 0.717) is 29.0 Å². The lowest BCUT2D eigenvalue weighted by Crippen LogP contribution is -2.25. The molecule has 4 rings (SSSR count). The summed E-state index contributed by atoms with van der Waals surface area (Å²) >= 11 is 0. The number of halogens is 2. The zero-order valence-corrected chi connectivity index (χ0v) is 19.5. The van der Waals surface area contributed by atoms with Gasteiger partial charge in [-0.2, -0.15) is 13.5 Å². The Hall–Kier alpha value is -4.28. The van der Waals surface area contributed by atoms with Crippen molar-refractivity contribution in [2.24, 2.45) is 0 Å². The second-order valence-corrected chi connectivity index (χ2v) is 8.03. The van der Waals surface area contributed by atoms with Crippen LogP contribution >= 0.6 is 0 Å². The number of aromatic amines is 2. The molecule has 188 valence electrons. The quantitative estimate of drug-likeness (QED) is 0.294. The number of nitrogens with one attached hydrogen (secondary N) is 2. The predicted molar refractivity (Wildman–Crippen MR) is 130 cm³/mol. The van der Waals surface area contributed by atoms with Crippen molar-refractivity contribution in [3.8, 4) is 39.6 Å². The lowest BCUT2D eigenvalue weighted by molar-refractivity contribution is -0.0498. The number of ether oxygens (including phenoxy) is 2. The molecule has 2 N–H and O–H groups in total. The van der Waals surface area contributed by atoms with Crippen molar-refractivity contribution in [1.82, 2.24) is 25.2 Å². The molecule has 0 spiro atoms. The molecule has 11 heteroatoms. The van der Waals surface area contributed by atoms with E-state index in [-0.39, 0.29) is 11.4 Å². The fourth-order valence-electron chi connectivity index (χ4n) is 3.75. The van der Waals surface area contributed by atoms with Crippen molar-refractivity contribution in [3.05, 3.63) is 75.4 Å². The maximum Gasteiger partial charge on any atom is 0.387 e. The van der Waals surface area contributed by atoms with E-state index in [0.717, 1.165) is 29.7 Å². The van der Waals surface area contributed by atoms with E-state index in [1.807, 2.05) is 24.3 Å². The highest BCUT2D eigenvalue weighted by Gasteiger charge is 2.18. The zero-order valence-electron chi connectivity index (χ0n) is 19.5. The Morgan fingerprint density at radius 1 is 0.944 bits per heavy atom. The van der Waals surface area contributed by atoms with Crippen molar-refractivity contribution in [3.63, 3.8) is 0 Å². The van der Waals surface area contributed by atoms with Crippen molar-refractivity contribution < 1.29 is 18.3 Å². The Balaban J connectivity index is 1.68. The van der Waals surface area contributed by atoms with Gasteiger partial charge < -0.3 is 14.5 Å². The third kappa shape index (κ3) is 5.85. The van der Waals surface area contributed by atoms with Crippen molar-refractivity contribution in [1.29, 1.82) is 0 Å². The molecular formula is C25H25F2N5O4. The molecule has 0 atom stereocenters. The average molecular weight is 498 g/mol. The molecule has 2 heterocycles. The Bertz CT molecular complexity index is 1400. The third-order valence-electron chi connectivity index (χ3n) is 5.51. The van der Waals surface area contributed by atoms with Crippen LogP contribution in [0.2, 0.25) is 0 Å². The van der Waals surface area contributed by atoms with E-state index in [4.69, 9.17) is 4.74 Å². The summed E-state index contributed by atoms with van der Waals surface area (Å²) in [4.78, 5) is 28.1. The molecule has 36 heavy (non-hydrogen) atoms. The summed E-state index contributed by atoms with van der Waals surface area (Å²) in [7, 11) is 0. The standard InChI is InChI=1S/C25H25F2N5O4/c1-2-3-4-5-14-35-18-10-8-17(9-11-18)21-15-20(16-6-12-19(13-7-16)36-24(26)27)22(23(33)28-21)32-25(34)29-30-31-32/h6-13,15,24H,2-5,14H2,1H3,(H,28,33)(H,29,31,34). The van der Waals surface area contributed by atoms with Gasteiger partial charge in [-0.1, -0.05) is 38.3 Å².